The molecule has 3 rings (SSSR count). The van der Waals surface area contributed by atoms with Gasteiger partial charge in [0.1, 0.15) is 11.6 Å². The molecule has 1 fully saturated rings. The van der Waals surface area contributed by atoms with E-state index in [1.54, 1.807) is 13.2 Å². The second-order valence-corrected chi connectivity index (χ2v) is 6.03. The molecule has 0 saturated carbocycles. The highest BCUT2D eigenvalue weighted by Crippen LogP contribution is 2.23. The van der Waals surface area contributed by atoms with Crippen molar-refractivity contribution in [2.45, 2.75) is 6.10 Å². The lowest BCUT2D eigenvalue weighted by Crippen LogP contribution is -2.47. The Kier molecular flexibility index (Phi) is 5.33. The Bertz CT molecular complexity index is 672. The van der Waals surface area contributed by atoms with Gasteiger partial charge < -0.3 is 14.7 Å². The number of aliphatic hydroxyl groups is 1. The third-order valence-corrected chi connectivity index (χ3v) is 4.48. The third kappa shape index (κ3) is 3.86. The average Bonchev–Trinajstić information content (AvgIpc) is 2.63. The summed E-state index contributed by atoms with van der Waals surface area (Å²) in [6.07, 6.45) is -0.555. The molecule has 0 radical (unpaired) electrons. The van der Waals surface area contributed by atoms with Gasteiger partial charge in [-0.3, -0.25) is 4.90 Å². The number of piperazine rings is 1. The maximum atomic E-state index is 13.9. The first-order valence-electron chi connectivity index (χ1n) is 8.21. The van der Waals surface area contributed by atoms with Gasteiger partial charge in [-0.2, -0.15) is 0 Å². The van der Waals surface area contributed by atoms with Gasteiger partial charge in [0.15, 0.2) is 0 Å². The molecular weight excluding hydrogens is 307 g/mol. The van der Waals surface area contributed by atoms with Gasteiger partial charge in [-0.05, 0) is 29.8 Å². The predicted octanol–water partition coefficient (Wildman–Crippen LogP) is 2.69. The number of para-hydroxylation sites is 1. The van der Waals surface area contributed by atoms with Crippen molar-refractivity contribution < 1.29 is 14.2 Å². The highest BCUT2D eigenvalue weighted by Gasteiger charge is 2.21. The summed E-state index contributed by atoms with van der Waals surface area (Å²) in [6, 6.07) is 14.4. The predicted molar refractivity (Wildman–Crippen MR) is 93.0 cm³/mol. The highest BCUT2D eigenvalue weighted by atomic mass is 19.1. The summed E-state index contributed by atoms with van der Waals surface area (Å²) < 4.78 is 19.1. The van der Waals surface area contributed by atoms with Crippen LogP contribution in [0.5, 0.6) is 5.75 Å². The van der Waals surface area contributed by atoms with E-state index < -0.39 is 6.10 Å². The van der Waals surface area contributed by atoms with E-state index in [-0.39, 0.29) is 5.82 Å². The summed E-state index contributed by atoms with van der Waals surface area (Å²) in [4.78, 5) is 4.27. The third-order valence-electron chi connectivity index (χ3n) is 4.48. The number of halogens is 1. The zero-order valence-electron chi connectivity index (χ0n) is 13.9. The minimum Gasteiger partial charge on any atom is -0.497 e. The van der Waals surface area contributed by atoms with Crippen LogP contribution in [0.25, 0.3) is 0 Å². The molecule has 1 aliphatic rings. The number of rotatable bonds is 5. The highest BCUT2D eigenvalue weighted by molar-refractivity contribution is 5.48. The molecule has 1 N–H and O–H groups in total. The van der Waals surface area contributed by atoms with Gasteiger partial charge in [-0.25, -0.2) is 4.39 Å². The van der Waals surface area contributed by atoms with Gasteiger partial charge in [0.05, 0.1) is 18.9 Å². The van der Waals surface area contributed by atoms with Crippen molar-refractivity contribution in [1.82, 2.24) is 4.90 Å². The van der Waals surface area contributed by atoms with E-state index in [9.17, 15) is 9.50 Å². The molecule has 0 bridgehead atoms. The first-order valence-corrected chi connectivity index (χ1v) is 8.21. The van der Waals surface area contributed by atoms with Crippen molar-refractivity contribution in [2.75, 3.05) is 44.7 Å². The molecular formula is C19H23FN2O2. The summed E-state index contributed by atoms with van der Waals surface area (Å²) in [6.45, 7) is 3.68. The van der Waals surface area contributed by atoms with Crippen molar-refractivity contribution in [3.05, 3.63) is 59.9 Å². The molecule has 0 aliphatic carbocycles. The topological polar surface area (TPSA) is 35.9 Å². The fourth-order valence-electron chi connectivity index (χ4n) is 3.08. The zero-order valence-corrected chi connectivity index (χ0v) is 13.9. The van der Waals surface area contributed by atoms with Crippen molar-refractivity contribution in [3.8, 4) is 5.75 Å². The molecule has 128 valence electrons. The molecule has 0 spiro atoms. The largest absolute Gasteiger partial charge is 0.497 e. The fraction of sp³-hybridized carbons (Fsp3) is 0.368. The average molecular weight is 330 g/mol. The van der Waals surface area contributed by atoms with Crippen LogP contribution in [0.4, 0.5) is 10.1 Å². The van der Waals surface area contributed by atoms with Gasteiger partial charge in [0.2, 0.25) is 0 Å². The summed E-state index contributed by atoms with van der Waals surface area (Å²) in [5.74, 6) is 0.568. The quantitative estimate of drug-likeness (QED) is 0.914. The van der Waals surface area contributed by atoms with Crippen molar-refractivity contribution in [1.29, 1.82) is 0 Å². The molecule has 2 aromatic carbocycles. The molecule has 1 saturated heterocycles. The van der Waals surface area contributed by atoms with Crippen LogP contribution in [0.15, 0.2) is 48.5 Å². The Hall–Kier alpha value is -2.11. The Balaban J connectivity index is 1.56. The number of methoxy groups -OCH3 is 1. The van der Waals surface area contributed by atoms with Crippen LogP contribution < -0.4 is 9.64 Å². The van der Waals surface area contributed by atoms with Gasteiger partial charge in [-0.15, -0.1) is 0 Å². The SMILES string of the molecule is COc1cccc([C@@H](O)CN2CCN(c3ccccc3F)CC2)c1. The number of hydrogen-bond acceptors (Lipinski definition) is 4. The lowest BCUT2D eigenvalue weighted by Gasteiger charge is -2.37. The molecule has 4 nitrogen and oxygen atoms in total. The van der Waals surface area contributed by atoms with Crippen molar-refractivity contribution in [2.24, 2.45) is 0 Å². The van der Waals surface area contributed by atoms with E-state index in [2.05, 4.69) is 9.80 Å². The van der Waals surface area contributed by atoms with Gasteiger partial charge in [0, 0.05) is 32.7 Å². The first-order chi connectivity index (χ1) is 11.7. The van der Waals surface area contributed by atoms with Gasteiger partial charge >= 0.3 is 0 Å². The number of nitrogens with zero attached hydrogens (tertiary/aromatic N) is 2. The lowest BCUT2D eigenvalue weighted by atomic mass is 10.1. The molecule has 0 unspecified atom stereocenters. The van der Waals surface area contributed by atoms with E-state index in [4.69, 9.17) is 4.74 Å². The van der Waals surface area contributed by atoms with E-state index in [0.717, 1.165) is 37.5 Å². The minimum absolute atomic E-state index is 0.178. The second kappa shape index (κ2) is 7.64. The van der Waals surface area contributed by atoms with Crippen LogP contribution in [0.3, 0.4) is 0 Å². The summed E-state index contributed by atoms with van der Waals surface area (Å²) in [5, 5.41) is 10.4. The number of hydrogen-bond donors (Lipinski definition) is 1. The molecule has 2 aromatic rings. The number of benzene rings is 2. The van der Waals surface area contributed by atoms with Crippen LogP contribution in [0.1, 0.15) is 11.7 Å². The van der Waals surface area contributed by atoms with Crippen molar-refractivity contribution >= 4 is 5.69 Å². The second-order valence-electron chi connectivity index (χ2n) is 6.03. The van der Waals surface area contributed by atoms with Crippen LogP contribution in [0, 0.1) is 5.82 Å². The molecule has 1 atom stereocenters. The van der Waals surface area contributed by atoms with Gasteiger partial charge in [-0.1, -0.05) is 24.3 Å². The maximum Gasteiger partial charge on any atom is 0.146 e. The smallest absolute Gasteiger partial charge is 0.146 e. The van der Waals surface area contributed by atoms with E-state index in [1.165, 1.54) is 6.07 Å². The Morgan fingerprint density at radius 2 is 1.83 bits per heavy atom. The monoisotopic (exact) mass is 330 g/mol. The molecule has 0 aromatic heterocycles. The van der Waals surface area contributed by atoms with Gasteiger partial charge in [0.25, 0.3) is 0 Å². The van der Waals surface area contributed by atoms with E-state index in [0.29, 0.717) is 12.2 Å². The van der Waals surface area contributed by atoms with Crippen LogP contribution in [-0.2, 0) is 0 Å². The van der Waals surface area contributed by atoms with Crippen LogP contribution >= 0.6 is 0 Å². The Morgan fingerprint density at radius 1 is 1.08 bits per heavy atom. The molecule has 5 heteroatoms. The maximum absolute atomic E-state index is 13.9. The lowest BCUT2D eigenvalue weighted by molar-refractivity contribution is 0.109. The fourth-order valence-corrected chi connectivity index (χ4v) is 3.08. The molecule has 24 heavy (non-hydrogen) atoms. The zero-order chi connectivity index (χ0) is 16.9. The van der Waals surface area contributed by atoms with Crippen LogP contribution in [-0.4, -0.2) is 49.8 Å². The number of anilines is 1. The van der Waals surface area contributed by atoms with E-state index >= 15 is 0 Å². The van der Waals surface area contributed by atoms with Crippen molar-refractivity contribution in [3.63, 3.8) is 0 Å². The number of aliphatic hydroxyl groups excluding tert-OH is 1. The summed E-state index contributed by atoms with van der Waals surface area (Å²) in [5.41, 5.74) is 1.51. The minimum atomic E-state index is -0.555. The molecule has 0 amide bonds. The summed E-state index contributed by atoms with van der Waals surface area (Å²) >= 11 is 0. The molecule has 1 heterocycles. The number of ether oxygens (including phenoxy) is 1. The molecule has 1 aliphatic heterocycles. The summed E-state index contributed by atoms with van der Waals surface area (Å²) in [7, 11) is 1.62. The Labute approximate surface area is 142 Å². The Morgan fingerprint density at radius 3 is 2.54 bits per heavy atom. The van der Waals surface area contributed by atoms with Crippen LogP contribution in [0.2, 0.25) is 0 Å². The number of β-amino-alcohol motifs (C(OH)–C–C–N with tert-alkyl or cyclic N) is 1. The normalized spacial score (nSPS) is 16.9. The first kappa shape index (κ1) is 16.7. The standard InChI is InChI=1S/C19H23FN2O2/c1-24-16-6-4-5-15(13-16)19(23)14-21-9-11-22(12-10-21)18-8-3-2-7-17(18)20/h2-8,13,19,23H,9-12,14H2,1H3/t19-/m0/s1. The van der Waals surface area contributed by atoms with E-state index in [1.807, 2.05) is 36.4 Å².